The number of thiazole rings is 1. The highest BCUT2D eigenvalue weighted by molar-refractivity contribution is 7.09. The average Bonchev–Trinajstić information content (AvgIpc) is 2.67. The fourth-order valence-corrected chi connectivity index (χ4v) is 2.02. The molecular weight excluding hydrogens is 214 g/mol. The van der Waals surface area contributed by atoms with Gasteiger partial charge in [0.05, 0.1) is 18.6 Å². The number of aromatic nitrogens is 1. The SMILES string of the molecule is O=C1CCN(Cc2cncs2)C(=O)CN1. The second-order valence-corrected chi connectivity index (χ2v) is 4.28. The molecule has 0 radical (unpaired) electrons. The Morgan fingerprint density at radius 2 is 2.40 bits per heavy atom. The Labute approximate surface area is 91.1 Å². The summed E-state index contributed by atoms with van der Waals surface area (Å²) < 4.78 is 0. The quantitative estimate of drug-likeness (QED) is 0.770. The van der Waals surface area contributed by atoms with Crippen molar-refractivity contribution in [2.75, 3.05) is 13.1 Å². The summed E-state index contributed by atoms with van der Waals surface area (Å²) in [5.41, 5.74) is 1.74. The molecule has 15 heavy (non-hydrogen) atoms. The van der Waals surface area contributed by atoms with Gasteiger partial charge in [0, 0.05) is 24.0 Å². The fourth-order valence-electron chi connectivity index (χ4n) is 1.41. The van der Waals surface area contributed by atoms with Crippen molar-refractivity contribution >= 4 is 23.2 Å². The zero-order valence-corrected chi connectivity index (χ0v) is 8.92. The molecule has 0 atom stereocenters. The molecule has 1 aliphatic rings. The summed E-state index contributed by atoms with van der Waals surface area (Å²) in [6, 6.07) is 0. The van der Waals surface area contributed by atoms with Gasteiger partial charge in [0.2, 0.25) is 11.8 Å². The van der Waals surface area contributed by atoms with Crippen molar-refractivity contribution in [3.05, 3.63) is 16.6 Å². The van der Waals surface area contributed by atoms with E-state index in [-0.39, 0.29) is 18.4 Å². The molecule has 1 saturated heterocycles. The summed E-state index contributed by atoms with van der Waals surface area (Å²) in [7, 11) is 0. The summed E-state index contributed by atoms with van der Waals surface area (Å²) in [5, 5.41) is 2.56. The van der Waals surface area contributed by atoms with E-state index in [4.69, 9.17) is 0 Å². The van der Waals surface area contributed by atoms with Crippen molar-refractivity contribution in [3.63, 3.8) is 0 Å². The molecule has 0 unspecified atom stereocenters. The van der Waals surface area contributed by atoms with Crippen LogP contribution in [0.15, 0.2) is 11.7 Å². The molecule has 0 bridgehead atoms. The predicted octanol–water partition coefficient (Wildman–Crippen LogP) is -0.00840. The molecule has 2 rings (SSSR count). The molecule has 1 aromatic rings. The third kappa shape index (κ3) is 2.53. The van der Waals surface area contributed by atoms with E-state index in [0.717, 1.165) is 4.88 Å². The molecule has 6 heteroatoms. The maximum Gasteiger partial charge on any atom is 0.242 e. The van der Waals surface area contributed by atoms with Gasteiger partial charge in [0.1, 0.15) is 0 Å². The topological polar surface area (TPSA) is 62.3 Å². The van der Waals surface area contributed by atoms with E-state index < -0.39 is 0 Å². The number of hydrogen-bond donors (Lipinski definition) is 1. The molecule has 1 fully saturated rings. The molecule has 2 amide bonds. The van der Waals surface area contributed by atoms with E-state index in [2.05, 4.69) is 10.3 Å². The Morgan fingerprint density at radius 3 is 3.13 bits per heavy atom. The Hall–Kier alpha value is -1.43. The van der Waals surface area contributed by atoms with E-state index in [1.165, 1.54) is 11.3 Å². The Morgan fingerprint density at radius 1 is 1.53 bits per heavy atom. The molecule has 1 aromatic heterocycles. The average molecular weight is 225 g/mol. The van der Waals surface area contributed by atoms with Crippen LogP contribution in [-0.4, -0.2) is 34.8 Å². The number of carbonyl (C=O) groups excluding carboxylic acids is 2. The van der Waals surface area contributed by atoms with Crippen LogP contribution in [0.2, 0.25) is 0 Å². The van der Waals surface area contributed by atoms with Gasteiger partial charge in [0.15, 0.2) is 0 Å². The second kappa shape index (κ2) is 4.39. The van der Waals surface area contributed by atoms with Gasteiger partial charge in [-0.1, -0.05) is 0 Å². The number of nitrogens with one attached hydrogen (secondary N) is 1. The largest absolute Gasteiger partial charge is 0.347 e. The maximum absolute atomic E-state index is 11.6. The van der Waals surface area contributed by atoms with Crippen molar-refractivity contribution in [1.29, 1.82) is 0 Å². The highest BCUT2D eigenvalue weighted by atomic mass is 32.1. The normalized spacial score (nSPS) is 17.5. The van der Waals surface area contributed by atoms with Crippen LogP contribution in [-0.2, 0) is 16.1 Å². The van der Waals surface area contributed by atoms with Gasteiger partial charge in [-0.25, -0.2) is 0 Å². The first-order valence-electron chi connectivity index (χ1n) is 4.67. The van der Waals surface area contributed by atoms with Crippen LogP contribution in [0.4, 0.5) is 0 Å². The van der Waals surface area contributed by atoms with Crippen molar-refractivity contribution in [2.45, 2.75) is 13.0 Å². The zero-order chi connectivity index (χ0) is 10.7. The van der Waals surface area contributed by atoms with Gasteiger partial charge in [0.25, 0.3) is 0 Å². The molecule has 80 valence electrons. The summed E-state index contributed by atoms with van der Waals surface area (Å²) in [4.78, 5) is 29.3. The van der Waals surface area contributed by atoms with E-state index in [1.807, 2.05) is 0 Å². The van der Waals surface area contributed by atoms with Crippen LogP contribution in [0.5, 0.6) is 0 Å². The lowest BCUT2D eigenvalue weighted by Crippen LogP contribution is -2.34. The minimum absolute atomic E-state index is 0.0331. The fraction of sp³-hybridized carbons (Fsp3) is 0.444. The molecule has 0 saturated carbocycles. The van der Waals surface area contributed by atoms with Gasteiger partial charge in [-0.15, -0.1) is 11.3 Å². The van der Waals surface area contributed by atoms with Gasteiger partial charge in [-0.2, -0.15) is 0 Å². The van der Waals surface area contributed by atoms with Crippen LogP contribution < -0.4 is 5.32 Å². The van der Waals surface area contributed by atoms with Crippen molar-refractivity contribution in [2.24, 2.45) is 0 Å². The predicted molar refractivity (Wildman–Crippen MR) is 55.2 cm³/mol. The van der Waals surface area contributed by atoms with E-state index in [9.17, 15) is 9.59 Å². The number of hydrogen-bond acceptors (Lipinski definition) is 4. The minimum Gasteiger partial charge on any atom is -0.347 e. The summed E-state index contributed by atoms with van der Waals surface area (Å²) in [5.74, 6) is -0.0931. The van der Waals surface area contributed by atoms with Crippen LogP contribution in [0, 0.1) is 0 Å². The van der Waals surface area contributed by atoms with Crippen LogP contribution in [0.3, 0.4) is 0 Å². The van der Waals surface area contributed by atoms with E-state index in [0.29, 0.717) is 19.5 Å². The van der Waals surface area contributed by atoms with Gasteiger partial charge >= 0.3 is 0 Å². The van der Waals surface area contributed by atoms with Gasteiger partial charge < -0.3 is 10.2 Å². The molecule has 0 aromatic carbocycles. The number of nitrogens with zero attached hydrogens (tertiary/aromatic N) is 2. The number of amides is 2. The van der Waals surface area contributed by atoms with Gasteiger partial charge in [-0.3, -0.25) is 14.6 Å². The molecule has 5 nitrogen and oxygen atoms in total. The Balaban J connectivity index is 2.01. The van der Waals surface area contributed by atoms with Gasteiger partial charge in [-0.05, 0) is 0 Å². The summed E-state index contributed by atoms with van der Waals surface area (Å²) in [6.45, 7) is 1.15. The highest BCUT2D eigenvalue weighted by Gasteiger charge is 2.20. The molecule has 1 N–H and O–H groups in total. The third-order valence-electron chi connectivity index (χ3n) is 2.23. The van der Waals surface area contributed by atoms with Crippen molar-refractivity contribution in [3.8, 4) is 0 Å². The second-order valence-electron chi connectivity index (χ2n) is 3.31. The Kier molecular flexibility index (Phi) is 2.96. The third-order valence-corrected chi connectivity index (χ3v) is 2.99. The first-order valence-corrected chi connectivity index (χ1v) is 5.55. The molecular formula is C9H11N3O2S. The van der Waals surface area contributed by atoms with Crippen molar-refractivity contribution in [1.82, 2.24) is 15.2 Å². The lowest BCUT2D eigenvalue weighted by Gasteiger charge is -2.18. The molecule has 0 spiro atoms. The lowest BCUT2D eigenvalue weighted by atomic mass is 10.3. The minimum atomic E-state index is -0.0600. The van der Waals surface area contributed by atoms with Crippen LogP contribution in [0.25, 0.3) is 0 Å². The maximum atomic E-state index is 11.6. The zero-order valence-electron chi connectivity index (χ0n) is 8.10. The molecule has 1 aliphatic heterocycles. The number of carbonyl (C=O) groups is 2. The first-order chi connectivity index (χ1) is 7.25. The van der Waals surface area contributed by atoms with Crippen LogP contribution in [0.1, 0.15) is 11.3 Å². The monoisotopic (exact) mass is 225 g/mol. The smallest absolute Gasteiger partial charge is 0.242 e. The Bertz CT molecular complexity index is 363. The lowest BCUT2D eigenvalue weighted by molar-refractivity contribution is -0.130. The number of rotatable bonds is 2. The molecule has 0 aliphatic carbocycles. The van der Waals surface area contributed by atoms with E-state index in [1.54, 1.807) is 16.6 Å². The molecule has 2 heterocycles. The standard InChI is InChI=1S/C9H11N3O2S/c13-8-1-2-12(9(14)4-11-8)5-7-3-10-6-15-7/h3,6H,1-2,4-5H2,(H,11,13). The van der Waals surface area contributed by atoms with Crippen molar-refractivity contribution < 1.29 is 9.59 Å². The first kappa shape index (κ1) is 10.1. The summed E-state index contributed by atoms with van der Waals surface area (Å²) in [6.07, 6.45) is 2.13. The van der Waals surface area contributed by atoms with E-state index >= 15 is 0 Å². The summed E-state index contributed by atoms with van der Waals surface area (Å²) >= 11 is 1.52. The van der Waals surface area contributed by atoms with Crippen LogP contribution >= 0.6 is 11.3 Å². The highest BCUT2D eigenvalue weighted by Crippen LogP contribution is 2.10.